The highest BCUT2D eigenvalue weighted by atomic mass is 16.6. The van der Waals surface area contributed by atoms with E-state index < -0.39 is 34.5 Å². The van der Waals surface area contributed by atoms with Crippen LogP contribution in [0.4, 0.5) is 16.2 Å². The summed E-state index contributed by atoms with van der Waals surface area (Å²) in [7, 11) is 0. The molecule has 0 radical (unpaired) electrons. The van der Waals surface area contributed by atoms with Gasteiger partial charge in [0.2, 0.25) is 5.91 Å². The fraction of sp³-hybridized carbons (Fsp3) is 0.286. The summed E-state index contributed by atoms with van der Waals surface area (Å²) in [5, 5.41) is 24.9. The van der Waals surface area contributed by atoms with Crippen molar-refractivity contribution in [1.29, 1.82) is 0 Å². The summed E-state index contributed by atoms with van der Waals surface area (Å²) in [5.74, 6) is -1.66. The molecule has 0 unspecified atom stereocenters. The average molecular weight is 429 g/mol. The SMILES string of the molecule is CC(C)(C)OC(=O)N[C@@H](Cc1ccc([N+](=O)[O-])cc1)C(=O)Nc1ccc(C(=O)O)cc1. The van der Waals surface area contributed by atoms with Crippen molar-refractivity contribution >= 4 is 29.3 Å². The first-order valence-corrected chi connectivity index (χ1v) is 9.31. The van der Waals surface area contributed by atoms with Crippen LogP contribution in [0.3, 0.4) is 0 Å². The summed E-state index contributed by atoms with van der Waals surface area (Å²) in [6, 6.07) is 10.1. The Balaban J connectivity index is 2.18. The van der Waals surface area contributed by atoms with Crippen LogP contribution in [0.5, 0.6) is 0 Å². The molecule has 0 saturated carbocycles. The largest absolute Gasteiger partial charge is 0.478 e. The van der Waals surface area contributed by atoms with E-state index in [4.69, 9.17) is 9.84 Å². The first kappa shape index (κ1) is 23.3. The van der Waals surface area contributed by atoms with Crippen molar-refractivity contribution in [3.63, 3.8) is 0 Å². The number of ether oxygens (including phenoxy) is 1. The van der Waals surface area contributed by atoms with Gasteiger partial charge in [-0.3, -0.25) is 14.9 Å². The van der Waals surface area contributed by atoms with Crippen molar-refractivity contribution in [3.8, 4) is 0 Å². The number of nitrogens with one attached hydrogen (secondary N) is 2. The highest BCUT2D eigenvalue weighted by Gasteiger charge is 2.25. The normalized spacial score (nSPS) is 11.8. The Morgan fingerprint density at radius 1 is 1.06 bits per heavy atom. The van der Waals surface area contributed by atoms with Gasteiger partial charge in [-0.25, -0.2) is 9.59 Å². The molecule has 0 aliphatic rings. The maximum absolute atomic E-state index is 12.8. The first-order valence-electron chi connectivity index (χ1n) is 9.31. The van der Waals surface area contributed by atoms with Gasteiger partial charge in [0.05, 0.1) is 10.5 Å². The maximum Gasteiger partial charge on any atom is 0.408 e. The van der Waals surface area contributed by atoms with Gasteiger partial charge in [-0.15, -0.1) is 0 Å². The number of carboxylic acids is 1. The zero-order valence-electron chi connectivity index (χ0n) is 17.2. The molecule has 0 spiro atoms. The van der Waals surface area contributed by atoms with Gasteiger partial charge in [0.15, 0.2) is 0 Å². The van der Waals surface area contributed by atoms with Crippen molar-refractivity contribution in [3.05, 3.63) is 69.8 Å². The van der Waals surface area contributed by atoms with E-state index in [1.54, 1.807) is 20.8 Å². The molecular weight excluding hydrogens is 406 g/mol. The molecule has 164 valence electrons. The number of rotatable bonds is 7. The fourth-order valence-corrected chi connectivity index (χ4v) is 2.57. The Morgan fingerprint density at radius 3 is 2.13 bits per heavy atom. The van der Waals surface area contributed by atoms with Crippen molar-refractivity contribution < 1.29 is 29.2 Å². The molecule has 2 rings (SSSR count). The fourth-order valence-electron chi connectivity index (χ4n) is 2.57. The zero-order valence-corrected chi connectivity index (χ0v) is 17.2. The number of non-ortho nitro benzene ring substituents is 1. The van der Waals surface area contributed by atoms with E-state index in [-0.39, 0.29) is 17.7 Å². The van der Waals surface area contributed by atoms with Crippen LogP contribution in [-0.2, 0) is 16.0 Å². The molecule has 0 bridgehead atoms. The van der Waals surface area contributed by atoms with E-state index in [9.17, 15) is 24.5 Å². The molecule has 0 saturated heterocycles. The number of anilines is 1. The number of carbonyl (C=O) groups excluding carboxylic acids is 2. The predicted molar refractivity (Wildman–Crippen MR) is 112 cm³/mol. The molecule has 0 aliphatic heterocycles. The average Bonchev–Trinajstić information content (AvgIpc) is 2.66. The Bertz CT molecular complexity index is 964. The molecule has 31 heavy (non-hydrogen) atoms. The van der Waals surface area contributed by atoms with Gasteiger partial charge in [0.25, 0.3) is 5.69 Å². The van der Waals surface area contributed by atoms with Gasteiger partial charge in [-0.05, 0) is 50.6 Å². The van der Waals surface area contributed by atoms with Crippen LogP contribution in [0.15, 0.2) is 48.5 Å². The van der Waals surface area contributed by atoms with E-state index >= 15 is 0 Å². The number of nitro groups is 1. The van der Waals surface area contributed by atoms with Crippen molar-refractivity contribution in [1.82, 2.24) is 5.32 Å². The second kappa shape index (κ2) is 9.70. The standard InChI is InChI=1S/C21H23N3O7/c1-21(2,3)31-20(28)23-17(12-13-4-10-16(11-5-13)24(29)30)18(25)22-15-8-6-14(7-9-15)19(26)27/h4-11,17H,12H2,1-3H3,(H,22,25)(H,23,28)(H,26,27)/t17-/m0/s1. The Labute approximate surface area is 178 Å². The number of alkyl carbamates (subject to hydrolysis) is 1. The number of hydrogen-bond acceptors (Lipinski definition) is 6. The lowest BCUT2D eigenvalue weighted by Gasteiger charge is -2.23. The van der Waals surface area contributed by atoms with Gasteiger partial charge >= 0.3 is 12.1 Å². The number of amides is 2. The number of aromatic carboxylic acids is 1. The van der Waals surface area contributed by atoms with E-state index in [0.717, 1.165) is 0 Å². The molecule has 1 atom stereocenters. The van der Waals surface area contributed by atoms with Gasteiger partial charge in [0, 0.05) is 24.2 Å². The molecule has 2 amide bonds. The minimum absolute atomic E-state index is 0.0519. The summed E-state index contributed by atoms with van der Waals surface area (Å²) in [6.45, 7) is 5.05. The van der Waals surface area contributed by atoms with E-state index in [1.807, 2.05) is 0 Å². The molecule has 0 heterocycles. The molecule has 0 aromatic heterocycles. The molecule has 0 fully saturated rings. The summed E-state index contributed by atoms with van der Waals surface area (Å²) < 4.78 is 5.21. The van der Waals surface area contributed by atoms with Crippen LogP contribution in [0, 0.1) is 10.1 Å². The van der Waals surface area contributed by atoms with Crippen LogP contribution in [0.2, 0.25) is 0 Å². The minimum atomic E-state index is -1.10. The van der Waals surface area contributed by atoms with Crippen molar-refractivity contribution in [2.75, 3.05) is 5.32 Å². The second-order valence-electron chi connectivity index (χ2n) is 7.70. The van der Waals surface area contributed by atoms with Crippen LogP contribution in [-0.4, -0.2) is 39.6 Å². The lowest BCUT2D eigenvalue weighted by molar-refractivity contribution is -0.384. The third-order valence-corrected chi connectivity index (χ3v) is 3.99. The molecule has 2 aromatic rings. The number of nitrogens with zero attached hydrogens (tertiary/aromatic N) is 1. The summed E-state index contributed by atoms with van der Waals surface area (Å²) >= 11 is 0. The third kappa shape index (κ3) is 7.42. The lowest BCUT2D eigenvalue weighted by Crippen LogP contribution is -2.47. The molecule has 3 N–H and O–H groups in total. The Hall–Kier alpha value is -3.95. The number of hydrogen-bond donors (Lipinski definition) is 3. The second-order valence-corrected chi connectivity index (χ2v) is 7.70. The first-order chi connectivity index (χ1) is 14.4. The van der Waals surface area contributed by atoms with Gasteiger partial charge in [-0.2, -0.15) is 0 Å². The summed E-state index contributed by atoms with van der Waals surface area (Å²) in [4.78, 5) is 46.3. The van der Waals surface area contributed by atoms with Gasteiger partial charge in [-0.1, -0.05) is 12.1 Å². The number of carbonyl (C=O) groups is 3. The molecule has 2 aromatic carbocycles. The minimum Gasteiger partial charge on any atom is -0.478 e. The van der Waals surface area contributed by atoms with Crippen LogP contribution >= 0.6 is 0 Å². The molecule has 10 heteroatoms. The van der Waals surface area contributed by atoms with Crippen molar-refractivity contribution in [2.45, 2.75) is 38.8 Å². The Morgan fingerprint density at radius 2 is 1.65 bits per heavy atom. The number of nitro benzene ring substituents is 1. The molecule has 0 aliphatic carbocycles. The smallest absolute Gasteiger partial charge is 0.408 e. The summed E-state index contributed by atoms with van der Waals surface area (Å²) in [6.07, 6.45) is -0.744. The highest BCUT2D eigenvalue weighted by Crippen LogP contribution is 2.15. The molecular formula is C21H23N3O7. The lowest BCUT2D eigenvalue weighted by atomic mass is 10.0. The van der Waals surface area contributed by atoms with Gasteiger partial charge in [0.1, 0.15) is 11.6 Å². The summed E-state index contributed by atoms with van der Waals surface area (Å²) in [5.41, 5.74) is 0.124. The maximum atomic E-state index is 12.8. The predicted octanol–water partition coefficient (Wildman–Crippen LogP) is 3.37. The van der Waals surface area contributed by atoms with Crippen molar-refractivity contribution in [2.24, 2.45) is 0 Å². The van der Waals surface area contributed by atoms with E-state index in [0.29, 0.717) is 11.3 Å². The van der Waals surface area contributed by atoms with Crippen LogP contribution in [0.1, 0.15) is 36.7 Å². The van der Waals surface area contributed by atoms with Gasteiger partial charge < -0.3 is 20.5 Å². The van der Waals surface area contributed by atoms with E-state index in [2.05, 4.69) is 10.6 Å². The quantitative estimate of drug-likeness (QED) is 0.451. The third-order valence-electron chi connectivity index (χ3n) is 3.99. The topological polar surface area (TPSA) is 148 Å². The van der Waals surface area contributed by atoms with E-state index in [1.165, 1.54) is 48.5 Å². The highest BCUT2D eigenvalue weighted by molar-refractivity contribution is 5.97. The van der Waals surface area contributed by atoms with Crippen LogP contribution < -0.4 is 10.6 Å². The zero-order chi connectivity index (χ0) is 23.2. The van der Waals surface area contributed by atoms with Crippen LogP contribution in [0.25, 0.3) is 0 Å². The monoisotopic (exact) mass is 429 g/mol. The number of benzene rings is 2. The molecule has 10 nitrogen and oxygen atoms in total. The number of carboxylic acid groups (broad SMARTS) is 1. The Kier molecular flexibility index (Phi) is 7.30.